The third-order valence-electron chi connectivity index (χ3n) is 3.64. The van der Waals surface area contributed by atoms with E-state index in [1.54, 1.807) is 6.07 Å². The van der Waals surface area contributed by atoms with Crippen molar-refractivity contribution in [3.63, 3.8) is 0 Å². The molecule has 2 heterocycles. The fraction of sp³-hybridized carbons (Fsp3) is 0.385. The van der Waals surface area contributed by atoms with Crippen LogP contribution in [0.2, 0.25) is 5.02 Å². The number of halogens is 2. The smallest absolute Gasteiger partial charge is 0.407 e. The topological polar surface area (TPSA) is 58.4 Å². The van der Waals surface area contributed by atoms with E-state index >= 15 is 0 Å². The minimum absolute atomic E-state index is 0.0750. The van der Waals surface area contributed by atoms with E-state index in [1.165, 1.54) is 4.90 Å². The van der Waals surface area contributed by atoms with Crippen molar-refractivity contribution in [2.75, 3.05) is 13.1 Å². The average molecular weight is 314 g/mol. The van der Waals surface area contributed by atoms with Crippen LogP contribution in [0.1, 0.15) is 18.3 Å². The zero-order chi connectivity index (χ0) is 14.3. The maximum Gasteiger partial charge on any atom is 0.407 e. The number of likely N-dealkylation sites (tertiary alicyclic amines) is 1. The predicted octanol–water partition coefficient (Wildman–Crippen LogP) is 3.35. The maximum absolute atomic E-state index is 11.0. The fourth-order valence-electron chi connectivity index (χ4n) is 2.75. The molecule has 1 amide bonds. The molecule has 1 N–H and O–H groups in total. The summed E-state index contributed by atoms with van der Waals surface area (Å²) in [7, 11) is 0. The lowest BCUT2D eigenvalue weighted by Gasteiger charge is -2.16. The van der Waals surface area contributed by atoms with Gasteiger partial charge in [-0.1, -0.05) is 11.6 Å². The summed E-state index contributed by atoms with van der Waals surface area (Å²) >= 11 is 12.0. The number of benzene rings is 1. The molecule has 1 aliphatic rings. The number of rotatable bonds is 2. The third kappa shape index (κ3) is 2.21. The molecule has 106 valence electrons. The fourth-order valence-corrected chi connectivity index (χ4v) is 3.10. The van der Waals surface area contributed by atoms with E-state index in [9.17, 15) is 4.79 Å². The Morgan fingerprint density at radius 3 is 2.95 bits per heavy atom. The van der Waals surface area contributed by atoms with Crippen molar-refractivity contribution in [2.45, 2.75) is 18.3 Å². The molecule has 20 heavy (non-hydrogen) atoms. The molecule has 0 saturated carbocycles. The van der Waals surface area contributed by atoms with E-state index < -0.39 is 6.09 Å². The van der Waals surface area contributed by atoms with Gasteiger partial charge in [0.2, 0.25) is 0 Å². The molecule has 0 aliphatic carbocycles. The average Bonchev–Trinajstić information content (AvgIpc) is 3.00. The van der Waals surface area contributed by atoms with Gasteiger partial charge in [-0.15, -0.1) is 11.6 Å². The number of carbonyl (C=O) groups is 1. The molecule has 2 aromatic rings. The molecule has 0 radical (unpaired) electrons. The normalized spacial score (nSPS) is 18.9. The monoisotopic (exact) mass is 313 g/mol. The molecule has 5 nitrogen and oxygen atoms in total. The Morgan fingerprint density at radius 1 is 1.50 bits per heavy atom. The number of hydrogen-bond donors (Lipinski definition) is 1. The number of aromatic nitrogens is 2. The van der Waals surface area contributed by atoms with Crippen LogP contribution in [0.5, 0.6) is 0 Å². The van der Waals surface area contributed by atoms with Gasteiger partial charge in [0.1, 0.15) is 5.82 Å². The summed E-state index contributed by atoms with van der Waals surface area (Å²) < 4.78 is 2.04. The van der Waals surface area contributed by atoms with E-state index in [1.807, 2.05) is 16.7 Å². The van der Waals surface area contributed by atoms with Gasteiger partial charge in [0, 0.05) is 18.1 Å². The minimum atomic E-state index is -0.882. The van der Waals surface area contributed by atoms with Gasteiger partial charge in [0.05, 0.1) is 23.0 Å². The molecule has 1 saturated heterocycles. The first-order valence-corrected chi connectivity index (χ1v) is 7.21. The van der Waals surface area contributed by atoms with Crippen LogP contribution >= 0.6 is 23.2 Å². The van der Waals surface area contributed by atoms with E-state index in [4.69, 9.17) is 28.3 Å². The van der Waals surface area contributed by atoms with E-state index in [2.05, 4.69) is 4.98 Å². The number of alkyl halides is 1. The number of amides is 1. The summed E-state index contributed by atoms with van der Waals surface area (Å²) in [4.78, 5) is 16.9. The number of hydrogen-bond acceptors (Lipinski definition) is 2. The molecular weight excluding hydrogens is 301 g/mol. The Bertz CT molecular complexity index is 671. The van der Waals surface area contributed by atoms with Crippen LogP contribution in [0.25, 0.3) is 11.0 Å². The summed E-state index contributed by atoms with van der Waals surface area (Å²) in [6.45, 7) is 1.00. The second kappa shape index (κ2) is 5.14. The van der Waals surface area contributed by atoms with Gasteiger partial charge in [-0.25, -0.2) is 9.78 Å². The van der Waals surface area contributed by atoms with Crippen LogP contribution in [0.4, 0.5) is 4.79 Å². The third-order valence-corrected chi connectivity index (χ3v) is 4.12. The van der Waals surface area contributed by atoms with Gasteiger partial charge in [0.25, 0.3) is 0 Å². The van der Waals surface area contributed by atoms with Crippen molar-refractivity contribution in [2.24, 2.45) is 0 Å². The van der Waals surface area contributed by atoms with E-state index in [0.29, 0.717) is 18.1 Å². The second-order valence-electron chi connectivity index (χ2n) is 4.84. The molecule has 1 aromatic heterocycles. The minimum Gasteiger partial charge on any atom is -0.465 e. The van der Waals surface area contributed by atoms with Crippen molar-refractivity contribution in [1.29, 1.82) is 0 Å². The first-order valence-electron chi connectivity index (χ1n) is 6.30. The Kier molecular flexibility index (Phi) is 3.48. The number of nitrogens with zero attached hydrogens (tertiary/aromatic N) is 3. The van der Waals surface area contributed by atoms with Gasteiger partial charge in [-0.3, -0.25) is 0 Å². The Balaban J connectivity index is 2.04. The molecule has 1 aromatic carbocycles. The van der Waals surface area contributed by atoms with Crippen molar-refractivity contribution in [3.05, 3.63) is 29.0 Å². The largest absolute Gasteiger partial charge is 0.465 e. The SMILES string of the molecule is O=C(O)N1CC[C@@H](n2c(CCl)nc3cc(Cl)ccc32)C1. The maximum atomic E-state index is 11.0. The second-order valence-corrected chi connectivity index (χ2v) is 5.54. The van der Waals surface area contributed by atoms with Crippen molar-refractivity contribution < 1.29 is 9.90 Å². The Morgan fingerprint density at radius 2 is 2.30 bits per heavy atom. The van der Waals surface area contributed by atoms with Crippen LogP contribution in [-0.2, 0) is 5.88 Å². The highest BCUT2D eigenvalue weighted by Gasteiger charge is 2.29. The van der Waals surface area contributed by atoms with E-state index in [0.717, 1.165) is 23.3 Å². The molecule has 0 bridgehead atoms. The Hall–Kier alpha value is -1.46. The number of imidazole rings is 1. The molecular formula is C13H13Cl2N3O2. The summed E-state index contributed by atoms with van der Waals surface area (Å²) in [5.41, 5.74) is 1.74. The first-order chi connectivity index (χ1) is 9.60. The summed E-state index contributed by atoms with van der Waals surface area (Å²) in [6, 6.07) is 5.59. The highest BCUT2D eigenvalue weighted by atomic mass is 35.5. The summed E-state index contributed by atoms with van der Waals surface area (Å²) in [5.74, 6) is 1.04. The zero-order valence-corrected chi connectivity index (χ0v) is 12.1. The molecule has 7 heteroatoms. The van der Waals surface area contributed by atoms with Crippen molar-refractivity contribution in [3.8, 4) is 0 Å². The van der Waals surface area contributed by atoms with Crippen LogP contribution in [0.15, 0.2) is 18.2 Å². The highest BCUT2D eigenvalue weighted by Crippen LogP contribution is 2.30. The van der Waals surface area contributed by atoms with Crippen molar-refractivity contribution in [1.82, 2.24) is 14.5 Å². The zero-order valence-electron chi connectivity index (χ0n) is 10.6. The van der Waals surface area contributed by atoms with Crippen LogP contribution < -0.4 is 0 Å². The van der Waals surface area contributed by atoms with Gasteiger partial charge in [0.15, 0.2) is 0 Å². The number of fused-ring (bicyclic) bond motifs is 1. The molecule has 0 spiro atoms. The van der Waals surface area contributed by atoms with Gasteiger partial charge >= 0.3 is 6.09 Å². The van der Waals surface area contributed by atoms with Crippen molar-refractivity contribution >= 4 is 40.3 Å². The highest BCUT2D eigenvalue weighted by molar-refractivity contribution is 6.31. The van der Waals surface area contributed by atoms with Gasteiger partial charge < -0.3 is 14.6 Å². The van der Waals surface area contributed by atoms with Crippen LogP contribution in [0, 0.1) is 0 Å². The quantitative estimate of drug-likeness (QED) is 0.865. The van der Waals surface area contributed by atoms with Gasteiger partial charge in [-0.05, 0) is 24.6 Å². The molecule has 3 rings (SSSR count). The van der Waals surface area contributed by atoms with E-state index in [-0.39, 0.29) is 11.9 Å². The van der Waals surface area contributed by atoms with Gasteiger partial charge in [-0.2, -0.15) is 0 Å². The number of carboxylic acid groups (broad SMARTS) is 1. The molecule has 1 aliphatic heterocycles. The first kappa shape index (κ1) is 13.5. The van der Waals surface area contributed by atoms with Crippen LogP contribution in [0.3, 0.4) is 0 Å². The lowest BCUT2D eigenvalue weighted by atomic mass is 10.2. The summed E-state index contributed by atoms with van der Waals surface area (Å²) in [6.07, 6.45) is -0.114. The Labute approximate surface area is 125 Å². The predicted molar refractivity (Wildman–Crippen MR) is 77.6 cm³/mol. The lowest BCUT2D eigenvalue weighted by molar-refractivity contribution is 0.154. The lowest BCUT2D eigenvalue weighted by Crippen LogP contribution is -2.27. The molecule has 1 fully saturated rings. The summed E-state index contributed by atoms with van der Waals surface area (Å²) in [5, 5.41) is 9.69. The standard InChI is InChI=1S/C13H13Cl2N3O2/c14-6-12-16-10-5-8(15)1-2-11(10)18(12)9-3-4-17(7-9)13(19)20/h1-2,5,9H,3-4,6-7H2,(H,19,20)/t9-/m1/s1. The van der Waals surface area contributed by atoms with Crippen LogP contribution in [-0.4, -0.2) is 38.7 Å². The molecule has 0 unspecified atom stereocenters. The molecule has 1 atom stereocenters.